The van der Waals surface area contributed by atoms with Crippen molar-refractivity contribution in [3.8, 4) is 0 Å². The van der Waals surface area contributed by atoms with Crippen LogP contribution in [0, 0.1) is 6.92 Å². The van der Waals surface area contributed by atoms with Crippen LogP contribution in [0.3, 0.4) is 0 Å². The second kappa shape index (κ2) is 8.41. The van der Waals surface area contributed by atoms with Gasteiger partial charge in [-0.2, -0.15) is 0 Å². The predicted octanol–water partition coefficient (Wildman–Crippen LogP) is 3.61. The van der Waals surface area contributed by atoms with E-state index in [1.807, 2.05) is 37.3 Å². The molecule has 3 amide bonds. The number of hydrogen-bond acceptors (Lipinski definition) is 3. The minimum absolute atomic E-state index is 0.194. The lowest BCUT2D eigenvalue weighted by Gasteiger charge is -2.33. The monoisotopic (exact) mass is 387 g/mol. The zero-order chi connectivity index (χ0) is 19.4. The minimum atomic E-state index is -0.213. The number of ether oxygens (including phenoxy) is 1. The number of aryl methyl sites for hydroxylation is 1. The molecule has 0 unspecified atom stereocenters. The van der Waals surface area contributed by atoms with Crippen molar-refractivity contribution < 1.29 is 14.3 Å². The number of nitrogens with one attached hydrogen (secondary N) is 2. The quantitative estimate of drug-likeness (QED) is 0.845. The average molecular weight is 388 g/mol. The summed E-state index contributed by atoms with van der Waals surface area (Å²) in [5, 5.41) is 6.16. The molecule has 1 saturated heterocycles. The summed E-state index contributed by atoms with van der Waals surface area (Å²) in [6.45, 7) is 3.29. The van der Waals surface area contributed by atoms with E-state index in [9.17, 15) is 9.59 Å². The van der Waals surface area contributed by atoms with Gasteiger partial charge in [0.25, 0.3) is 5.91 Å². The standard InChI is InChI=1S/C20H22ClN3O3/c1-13-3-4-15(19(25)22-2)11-17(13)23-20(26)24-9-10-27-18(12-24)14-5-7-16(21)8-6-14/h3-8,11,18H,9-10,12H2,1-2H3,(H,22,25)(H,23,26)/t18-/m0/s1. The molecule has 27 heavy (non-hydrogen) atoms. The molecular weight excluding hydrogens is 366 g/mol. The third-order valence-electron chi connectivity index (χ3n) is 4.56. The Bertz CT molecular complexity index is 839. The first-order chi connectivity index (χ1) is 13.0. The van der Waals surface area contributed by atoms with E-state index in [1.165, 1.54) is 0 Å². The van der Waals surface area contributed by atoms with Crippen molar-refractivity contribution in [2.75, 3.05) is 32.1 Å². The summed E-state index contributed by atoms with van der Waals surface area (Å²) in [7, 11) is 1.57. The van der Waals surface area contributed by atoms with Gasteiger partial charge in [-0.3, -0.25) is 4.79 Å². The smallest absolute Gasteiger partial charge is 0.322 e. The molecule has 6 nitrogen and oxygen atoms in total. The zero-order valence-corrected chi connectivity index (χ0v) is 16.0. The Balaban J connectivity index is 1.70. The summed E-state index contributed by atoms with van der Waals surface area (Å²) in [6.07, 6.45) is -0.194. The Morgan fingerprint density at radius 3 is 2.63 bits per heavy atom. The van der Waals surface area contributed by atoms with Crippen LogP contribution >= 0.6 is 11.6 Å². The average Bonchev–Trinajstić information content (AvgIpc) is 2.69. The first kappa shape index (κ1) is 19.2. The third kappa shape index (κ3) is 4.59. The molecule has 3 rings (SSSR count). The van der Waals surface area contributed by atoms with Crippen LogP contribution in [0.25, 0.3) is 0 Å². The van der Waals surface area contributed by atoms with Gasteiger partial charge in [0.15, 0.2) is 0 Å². The lowest BCUT2D eigenvalue weighted by Crippen LogP contribution is -2.44. The molecule has 0 radical (unpaired) electrons. The van der Waals surface area contributed by atoms with Gasteiger partial charge in [-0.1, -0.05) is 29.8 Å². The van der Waals surface area contributed by atoms with Crippen LogP contribution in [0.5, 0.6) is 0 Å². The first-order valence-electron chi connectivity index (χ1n) is 8.73. The molecule has 2 aromatic carbocycles. The van der Waals surface area contributed by atoms with Crippen LogP contribution < -0.4 is 10.6 Å². The van der Waals surface area contributed by atoms with Crippen molar-refractivity contribution in [1.29, 1.82) is 0 Å². The van der Waals surface area contributed by atoms with E-state index in [4.69, 9.17) is 16.3 Å². The summed E-state index contributed by atoms with van der Waals surface area (Å²) < 4.78 is 5.81. The molecule has 1 aliphatic rings. The van der Waals surface area contributed by atoms with Crippen molar-refractivity contribution in [1.82, 2.24) is 10.2 Å². The lowest BCUT2D eigenvalue weighted by atomic mass is 10.1. The molecule has 7 heteroatoms. The highest BCUT2D eigenvalue weighted by Gasteiger charge is 2.25. The number of benzene rings is 2. The molecule has 1 aliphatic heterocycles. The largest absolute Gasteiger partial charge is 0.370 e. The second-order valence-corrected chi connectivity index (χ2v) is 6.83. The highest BCUT2D eigenvalue weighted by Crippen LogP contribution is 2.25. The van der Waals surface area contributed by atoms with Crippen LogP contribution in [-0.2, 0) is 4.74 Å². The third-order valence-corrected chi connectivity index (χ3v) is 4.82. The van der Waals surface area contributed by atoms with Gasteiger partial charge in [0.1, 0.15) is 6.10 Å². The van der Waals surface area contributed by atoms with Gasteiger partial charge in [0.05, 0.1) is 13.2 Å². The van der Waals surface area contributed by atoms with Crippen LogP contribution in [-0.4, -0.2) is 43.6 Å². The van der Waals surface area contributed by atoms with Crippen molar-refractivity contribution >= 4 is 29.2 Å². The maximum absolute atomic E-state index is 12.7. The molecule has 1 fully saturated rings. The fraction of sp³-hybridized carbons (Fsp3) is 0.300. The molecule has 142 valence electrons. The molecule has 0 spiro atoms. The van der Waals surface area contributed by atoms with Crippen LogP contribution in [0.15, 0.2) is 42.5 Å². The van der Waals surface area contributed by atoms with E-state index in [0.29, 0.717) is 36.0 Å². The molecule has 0 bridgehead atoms. The Kier molecular flexibility index (Phi) is 5.98. The van der Waals surface area contributed by atoms with Gasteiger partial charge in [0, 0.05) is 29.9 Å². The zero-order valence-electron chi connectivity index (χ0n) is 15.3. The number of anilines is 1. The number of carbonyl (C=O) groups is 2. The number of amides is 3. The van der Waals surface area contributed by atoms with Gasteiger partial charge >= 0.3 is 6.03 Å². The molecule has 0 aromatic heterocycles. The maximum Gasteiger partial charge on any atom is 0.322 e. The molecule has 1 heterocycles. The second-order valence-electron chi connectivity index (χ2n) is 6.40. The van der Waals surface area contributed by atoms with Gasteiger partial charge in [0.2, 0.25) is 0 Å². The molecular formula is C20H22ClN3O3. The highest BCUT2D eigenvalue weighted by molar-refractivity contribution is 6.30. The van der Waals surface area contributed by atoms with Gasteiger partial charge in [-0.05, 0) is 42.3 Å². The maximum atomic E-state index is 12.7. The number of hydrogen-bond donors (Lipinski definition) is 2. The van der Waals surface area contributed by atoms with E-state index >= 15 is 0 Å². The Morgan fingerprint density at radius 2 is 1.93 bits per heavy atom. The van der Waals surface area contributed by atoms with E-state index in [2.05, 4.69) is 10.6 Å². The summed E-state index contributed by atoms with van der Waals surface area (Å²) in [4.78, 5) is 26.3. The predicted molar refractivity (Wildman–Crippen MR) is 105 cm³/mol. The number of halogens is 1. The van der Waals surface area contributed by atoms with Gasteiger partial charge in [-0.25, -0.2) is 4.79 Å². The summed E-state index contributed by atoms with van der Waals surface area (Å²) in [6, 6.07) is 12.5. The van der Waals surface area contributed by atoms with Gasteiger partial charge < -0.3 is 20.3 Å². The Labute approximate surface area is 163 Å². The number of urea groups is 1. The van der Waals surface area contributed by atoms with Crippen molar-refractivity contribution in [3.63, 3.8) is 0 Å². The van der Waals surface area contributed by atoms with Crippen molar-refractivity contribution in [2.45, 2.75) is 13.0 Å². The fourth-order valence-electron chi connectivity index (χ4n) is 2.95. The number of rotatable bonds is 3. The number of carbonyl (C=O) groups excluding carboxylic acids is 2. The lowest BCUT2D eigenvalue weighted by molar-refractivity contribution is -0.0135. The fourth-order valence-corrected chi connectivity index (χ4v) is 3.08. The Morgan fingerprint density at radius 1 is 1.19 bits per heavy atom. The van der Waals surface area contributed by atoms with Crippen LogP contribution in [0.2, 0.25) is 5.02 Å². The van der Waals surface area contributed by atoms with E-state index < -0.39 is 0 Å². The topological polar surface area (TPSA) is 70.7 Å². The molecule has 0 saturated carbocycles. The molecule has 0 aliphatic carbocycles. The van der Waals surface area contributed by atoms with E-state index in [0.717, 1.165) is 11.1 Å². The van der Waals surface area contributed by atoms with Crippen molar-refractivity contribution in [2.24, 2.45) is 0 Å². The number of morpholine rings is 1. The Hall–Kier alpha value is -2.57. The molecule has 2 aromatic rings. The first-order valence-corrected chi connectivity index (χ1v) is 9.11. The van der Waals surface area contributed by atoms with Crippen LogP contribution in [0.4, 0.5) is 10.5 Å². The molecule has 2 N–H and O–H groups in total. The molecule has 1 atom stereocenters. The number of nitrogens with zero attached hydrogens (tertiary/aromatic N) is 1. The highest BCUT2D eigenvalue weighted by atomic mass is 35.5. The SMILES string of the molecule is CNC(=O)c1ccc(C)c(NC(=O)N2CCO[C@H](c3ccc(Cl)cc3)C2)c1. The van der Waals surface area contributed by atoms with Crippen molar-refractivity contribution in [3.05, 3.63) is 64.2 Å². The summed E-state index contributed by atoms with van der Waals surface area (Å²) in [5.41, 5.74) is 2.99. The normalized spacial score (nSPS) is 16.7. The van der Waals surface area contributed by atoms with E-state index in [-0.39, 0.29) is 18.0 Å². The summed E-state index contributed by atoms with van der Waals surface area (Å²) in [5.74, 6) is -0.195. The van der Waals surface area contributed by atoms with E-state index in [1.54, 1.807) is 24.1 Å². The van der Waals surface area contributed by atoms with Crippen LogP contribution in [0.1, 0.15) is 27.6 Å². The minimum Gasteiger partial charge on any atom is -0.370 e. The van der Waals surface area contributed by atoms with Gasteiger partial charge in [-0.15, -0.1) is 0 Å². The summed E-state index contributed by atoms with van der Waals surface area (Å²) >= 11 is 5.94.